The van der Waals surface area contributed by atoms with Crippen molar-refractivity contribution in [2.75, 3.05) is 26.2 Å². The molecule has 4 rings (SSSR count). The van der Waals surface area contributed by atoms with Gasteiger partial charge in [-0.2, -0.15) is 0 Å². The van der Waals surface area contributed by atoms with E-state index in [9.17, 15) is 4.79 Å². The van der Waals surface area contributed by atoms with E-state index in [4.69, 9.17) is 0 Å². The Hall–Kier alpha value is -2.05. The summed E-state index contributed by atoms with van der Waals surface area (Å²) < 4.78 is 0. The second-order valence-electron chi connectivity index (χ2n) is 6.89. The van der Waals surface area contributed by atoms with Crippen molar-refractivity contribution in [2.24, 2.45) is 5.41 Å². The smallest absolute Gasteiger partial charge is 0.231 e. The van der Waals surface area contributed by atoms with Gasteiger partial charge in [0.15, 0.2) is 0 Å². The summed E-state index contributed by atoms with van der Waals surface area (Å²) >= 11 is 1.67. The van der Waals surface area contributed by atoms with E-state index in [1.54, 1.807) is 11.3 Å². The third kappa shape index (κ3) is 2.89. The van der Waals surface area contributed by atoms with E-state index in [2.05, 4.69) is 21.4 Å². The van der Waals surface area contributed by atoms with Gasteiger partial charge in [-0.15, -0.1) is 17.9 Å². The number of carbonyl (C=O) groups excluding carboxylic acids is 1. The highest BCUT2D eigenvalue weighted by Gasteiger charge is 2.57. The fourth-order valence-electron chi connectivity index (χ4n) is 4.25. The van der Waals surface area contributed by atoms with Crippen molar-refractivity contribution in [2.45, 2.75) is 18.9 Å². The van der Waals surface area contributed by atoms with E-state index >= 15 is 0 Å². The maximum absolute atomic E-state index is 13.2. The Morgan fingerprint density at radius 3 is 2.92 bits per heavy atom. The maximum Gasteiger partial charge on any atom is 0.231 e. The minimum Gasteiger partial charge on any atom is -0.338 e. The van der Waals surface area contributed by atoms with Gasteiger partial charge in [0.25, 0.3) is 0 Å². The molecule has 2 aromatic rings. The molecule has 2 unspecified atom stereocenters. The Labute approximate surface area is 152 Å². The Morgan fingerprint density at radius 1 is 1.36 bits per heavy atom. The van der Waals surface area contributed by atoms with Gasteiger partial charge in [-0.3, -0.25) is 14.7 Å². The highest BCUT2D eigenvalue weighted by atomic mass is 32.1. The van der Waals surface area contributed by atoms with Crippen molar-refractivity contribution in [3.05, 3.63) is 59.3 Å². The number of amides is 1. The third-order valence-electron chi connectivity index (χ3n) is 5.41. The fraction of sp³-hybridized carbons (Fsp3) is 0.421. The number of hydrogen-bond donors (Lipinski definition) is 0. The van der Waals surface area contributed by atoms with Gasteiger partial charge in [0.05, 0.1) is 10.4 Å². The number of pyridine rings is 1. The summed E-state index contributed by atoms with van der Waals surface area (Å²) in [5.41, 5.74) is 0.895. The summed E-state index contributed by atoms with van der Waals surface area (Å²) in [6, 6.07) is 4.09. The van der Waals surface area contributed by atoms with Crippen LogP contribution in [0.3, 0.4) is 0 Å². The molecule has 2 atom stereocenters. The normalized spacial score (nSPS) is 26.6. The van der Waals surface area contributed by atoms with Crippen molar-refractivity contribution in [1.82, 2.24) is 19.8 Å². The van der Waals surface area contributed by atoms with Crippen LogP contribution in [0.5, 0.6) is 0 Å². The lowest BCUT2D eigenvalue weighted by Crippen LogP contribution is -2.39. The monoisotopic (exact) mass is 354 g/mol. The van der Waals surface area contributed by atoms with E-state index in [0.717, 1.165) is 37.6 Å². The minimum atomic E-state index is -0.339. The Bertz CT molecular complexity index is 748. The van der Waals surface area contributed by atoms with Gasteiger partial charge in [-0.05, 0) is 24.1 Å². The van der Waals surface area contributed by atoms with Gasteiger partial charge in [-0.1, -0.05) is 6.08 Å². The summed E-state index contributed by atoms with van der Waals surface area (Å²) in [6.07, 6.45) is 8.22. The summed E-state index contributed by atoms with van der Waals surface area (Å²) in [5.74, 6) is 0.446. The molecule has 0 N–H and O–H groups in total. The molecule has 1 spiro atoms. The lowest BCUT2D eigenvalue weighted by molar-refractivity contribution is -0.135. The van der Waals surface area contributed by atoms with Crippen LogP contribution in [0.15, 0.2) is 48.8 Å². The first kappa shape index (κ1) is 16.4. The van der Waals surface area contributed by atoms with Gasteiger partial charge < -0.3 is 4.90 Å². The first-order valence-electron chi connectivity index (χ1n) is 8.64. The molecule has 2 fully saturated rings. The van der Waals surface area contributed by atoms with E-state index in [0.29, 0.717) is 6.54 Å². The lowest BCUT2D eigenvalue weighted by atomic mass is 9.77. The lowest BCUT2D eigenvalue weighted by Gasteiger charge is -2.27. The fourth-order valence-corrected chi connectivity index (χ4v) is 5.10. The largest absolute Gasteiger partial charge is 0.338 e. The first-order chi connectivity index (χ1) is 12.2. The van der Waals surface area contributed by atoms with Crippen molar-refractivity contribution < 1.29 is 4.79 Å². The number of carbonyl (C=O) groups is 1. The molecule has 0 aromatic carbocycles. The summed E-state index contributed by atoms with van der Waals surface area (Å²) in [4.78, 5) is 26.2. The predicted molar refractivity (Wildman–Crippen MR) is 98.2 cm³/mol. The van der Waals surface area contributed by atoms with Crippen LogP contribution in [-0.2, 0) is 11.3 Å². The van der Waals surface area contributed by atoms with Gasteiger partial charge in [-0.25, -0.2) is 4.98 Å². The molecule has 2 saturated heterocycles. The van der Waals surface area contributed by atoms with Crippen LogP contribution in [0.4, 0.5) is 0 Å². The molecule has 2 aliphatic rings. The number of rotatable bonds is 5. The molecule has 2 aromatic heterocycles. The molecule has 0 aliphatic carbocycles. The molecule has 0 radical (unpaired) electrons. The summed E-state index contributed by atoms with van der Waals surface area (Å²) in [6.45, 7) is 7.77. The number of likely N-dealkylation sites (tertiary alicyclic amines) is 2. The third-order valence-corrected chi connectivity index (χ3v) is 6.30. The van der Waals surface area contributed by atoms with E-state index < -0.39 is 0 Å². The number of thiazole rings is 1. The van der Waals surface area contributed by atoms with Crippen LogP contribution >= 0.6 is 11.3 Å². The van der Waals surface area contributed by atoms with Gasteiger partial charge in [0.1, 0.15) is 0 Å². The summed E-state index contributed by atoms with van der Waals surface area (Å²) in [7, 11) is 0. The molecule has 4 heterocycles. The van der Waals surface area contributed by atoms with Gasteiger partial charge in [0.2, 0.25) is 5.91 Å². The van der Waals surface area contributed by atoms with E-state index in [1.807, 2.05) is 47.1 Å². The van der Waals surface area contributed by atoms with E-state index in [1.165, 1.54) is 5.56 Å². The molecule has 0 saturated carbocycles. The standard InChI is InChI=1S/C19H22N4OS/c1-2-9-23-10-5-19(18(23)24)14-22(12-15-3-6-20-7-4-15)13-16(19)17-21-8-11-25-17/h2-4,6-8,11,16H,1,5,9-10,12-14H2. The van der Waals surface area contributed by atoms with Gasteiger partial charge >= 0.3 is 0 Å². The number of hydrogen-bond acceptors (Lipinski definition) is 5. The van der Waals surface area contributed by atoms with Crippen LogP contribution < -0.4 is 0 Å². The highest BCUT2D eigenvalue weighted by molar-refractivity contribution is 7.09. The van der Waals surface area contributed by atoms with Crippen LogP contribution in [-0.4, -0.2) is 51.9 Å². The zero-order valence-electron chi connectivity index (χ0n) is 14.2. The molecule has 2 aliphatic heterocycles. The van der Waals surface area contributed by atoms with E-state index in [-0.39, 0.29) is 17.2 Å². The highest BCUT2D eigenvalue weighted by Crippen LogP contribution is 2.50. The topological polar surface area (TPSA) is 49.3 Å². The molecular formula is C19H22N4OS. The average molecular weight is 354 g/mol. The Morgan fingerprint density at radius 2 is 2.20 bits per heavy atom. The Balaban J connectivity index is 1.62. The quantitative estimate of drug-likeness (QED) is 0.774. The first-order valence-corrected chi connectivity index (χ1v) is 9.52. The predicted octanol–water partition coefficient (Wildman–Crippen LogP) is 2.54. The number of nitrogens with zero attached hydrogens (tertiary/aromatic N) is 4. The molecule has 5 nitrogen and oxygen atoms in total. The molecule has 6 heteroatoms. The van der Waals surface area contributed by atoms with Crippen LogP contribution in [0.25, 0.3) is 0 Å². The SMILES string of the molecule is C=CCN1CCC2(CN(Cc3ccncc3)CC2c2nccs2)C1=O. The van der Waals surface area contributed by atoms with Crippen LogP contribution in [0.1, 0.15) is 22.9 Å². The zero-order valence-corrected chi connectivity index (χ0v) is 15.0. The van der Waals surface area contributed by atoms with Crippen molar-refractivity contribution in [3.63, 3.8) is 0 Å². The molecule has 1 amide bonds. The molecule has 0 bridgehead atoms. The number of aromatic nitrogens is 2. The molecule has 130 valence electrons. The van der Waals surface area contributed by atoms with Crippen LogP contribution in [0, 0.1) is 5.41 Å². The minimum absolute atomic E-state index is 0.177. The Kier molecular flexibility index (Phi) is 4.39. The molecular weight excluding hydrogens is 332 g/mol. The van der Waals surface area contributed by atoms with Crippen molar-refractivity contribution >= 4 is 17.2 Å². The second kappa shape index (κ2) is 6.69. The average Bonchev–Trinajstić information content (AvgIpc) is 3.33. The van der Waals surface area contributed by atoms with Crippen LogP contribution in [0.2, 0.25) is 0 Å². The van der Waals surface area contributed by atoms with Crippen molar-refractivity contribution in [3.8, 4) is 0 Å². The van der Waals surface area contributed by atoms with Gasteiger partial charge in [0, 0.05) is 62.6 Å². The second-order valence-corrected chi connectivity index (χ2v) is 7.82. The van der Waals surface area contributed by atoms with Crippen molar-refractivity contribution in [1.29, 1.82) is 0 Å². The molecule has 25 heavy (non-hydrogen) atoms. The zero-order chi connectivity index (χ0) is 17.3. The maximum atomic E-state index is 13.2. The summed E-state index contributed by atoms with van der Waals surface area (Å²) in [5, 5.41) is 3.10.